The summed E-state index contributed by atoms with van der Waals surface area (Å²) >= 11 is 0. The van der Waals surface area contributed by atoms with Crippen LogP contribution in [0.15, 0.2) is 42.5 Å². The van der Waals surface area contributed by atoms with Crippen molar-refractivity contribution in [2.75, 3.05) is 17.7 Å². The molecule has 0 heterocycles. The molecule has 0 aliphatic heterocycles. The number of aromatic hydroxyl groups is 1. The van der Waals surface area contributed by atoms with Crippen LogP contribution in [-0.2, 0) is 0 Å². The fraction of sp³-hybridized carbons (Fsp3) is 0.0714. The van der Waals surface area contributed by atoms with Gasteiger partial charge in [0.05, 0.1) is 12.8 Å². The average Bonchev–Trinajstić information content (AvgIpc) is 2.44. The van der Waals surface area contributed by atoms with Crippen molar-refractivity contribution < 1.29 is 19.0 Å². The molecule has 0 saturated carbocycles. The first kappa shape index (κ1) is 13.7. The molecule has 2 amide bonds. The van der Waals surface area contributed by atoms with Crippen LogP contribution in [0.25, 0.3) is 0 Å². The number of carbonyl (C=O) groups excluding carboxylic acids is 1. The molecule has 0 aromatic heterocycles. The van der Waals surface area contributed by atoms with Crippen molar-refractivity contribution in [3.63, 3.8) is 0 Å². The molecule has 0 spiro atoms. The van der Waals surface area contributed by atoms with E-state index in [-0.39, 0.29) is 5.69 Å². The summed E-state index contributed by atoms with van der Waals surface area (Å²) in [5, 5.41) is 14.4. The van der Waals surface area contributed by atoms with Gasteiger partial charge in [0.2, 0.25) is 0 Å². The van der Waals surface area contributed by atoms with Gasteiger partial charge in [-0.15, -0.1) is 0 Å². The van der Waals surface area contributed by atoms with E-state index in [0.29, 0.717) is 11.4 Å². The molecule has 104 valence electrons. The van der Waals surface area contributed by atoms with Crippen molar-refractivity contribution in [3.05, 3.63) is 48.3 Å². The molecule has 0 fully saturated rings. The molecule has 5 nitrogen and oxygen atoms in total. The van der Waals surface area contributed by atoms with Crippen LogP contribution in [0.4, 0.5) is 20.6 Å². The molecular weight excluding hydrogens is 263 g/mol. The zero-order valence-corrected chi connectivity index (χ0v) is 10.7. The molecule has 2 aromatic carbocycles. The Morgan fingerprint density at radius 1 is 1.20 bits per heavy atom. The number of phenols is 1. The molecule has 0 bridgehead atoms. The van der Waals surface area contributed by atoms with E-state index < -0.39 is 17.6 Å². The van der Waals surface area contributed by atoms with E-state index in [9.17, 15) is 14.3 Å². The lowest BCUT2D eigenvalue weighted by molar-refractivity contribution is 0.262. The van der Waals surface area contributed by atoms with Crippen LogP contribution in [0.3, 0.4) is 0 Å². The molecule has 0 aliphatic rings. The van der Waals surface area contributed by atoms with Crippen LogP contribution >= 0.6 is 0 Å². The third-order valence-electron chi connectivity index (χ3n) is 2.56. The number of hydrogen-bond donors (Lipinski definition) is 3. The van der Waals surface area contributed by atoms with E-state index in [2.05, 4.69) is 10.6 Å². The number of hydrogen-bond acceptors (Lipinski definition) is 3. The Bertz CT molecular complexity index is 632. The topological polar surface area (TPSA) is 70.6 Å². The Morgan fingerprint density at radius 2 is 1.95 bits per heavy atom. The zero-order valence-electron chi connectivity index (χ0n) is 10.7. The number of para-hydroxylation sites is 1. The highest BCUT2D eigenvalue weighted by atomic mass is 19.1. The van der Waals surface area contributed by atoms with Crippen molar-refractivity contribution in [1.29, 1.82) is 0 Å². The van der Waals surface area contributed by atoms with Crippen LogP contribution in [0.2, 0.25) is 0 Å². The standard InChI is InChI=1S/C14H13FN2O3/c1-20-10-5-2-4-9(8-10)16-14(19)17-12-7-3-6-11(15)13(12)18/h2-8,18H,1H3,(H2,16,17,19). The van der Waals surface area contributed by atoms with Crippen LogP contribution in [-0.4, -0.2) is 18.2 Å². The summed E-state index contributed by atoms with van der Waals surface area (Å²) in [4.78, 5) is 11.7. The third-order valence-corrected chi connectivity index (χ3v) is 2.56. The van der Waals surface area contributed by atoms with Crippen LogP contribution in [0, 0.1) is 5.82 Å². The predicted octanol–water partition coefficient (Wildman–Crippen LogP) is 3.18. The second-order valence-corrected chi connectivity index (χ2v) is 3.95. The lowest BCUT2D eigenvalue weighted by atomic mass is 10.3. The number of phenolic OH excluding ortho intramolecular Hbond substituents is 1. The minimum atomic E-state index is -0.802. The SMILES string of the molecule is COc1cccc(NC(=O)Nc2cccc(F)c2O)c1. The fourth-order valence-corrected chi connectivity index (χ4v) is 1.60. The highest BCUT2D eigenvalue weighted by Gasteiger charge is 2.10. The summed E-state index contributed by atoms with van der Waals surface area (Å²) in [7, 11) is 1.52. The van der Waals surface area contributed by atoms with E-state index in [1.54, 1.807) is 24.3 Å². The molecule has 0 radical (unpaired) electrons. The number of benzene rings is 2. The fourth-order valence-electron chi connectivity index (χ4n) is 1.60. The summed E-state index contributed by atoms with van der Waals surface area (Å²) in [6, 6.07) is 10.0. The first-order valence-corrected chi connectivity index (χ1v) is 5.79. The van der Waals surface area contributed by atoms with Gasteiger partial charge in [-0.3, -0.25) is 0 Å². The number of rotatable bonds is 3. The Labute approximate surface area is 115 Å². The molecule has 3 N–H and O–H groups in total. The minimum absolute atomic E-state index is 0.00889. The van der Waals surface area contributed by atoms with Crippen molar-refractivity contribution in [2.24, 2.45) is 0 Å². The Kier molecular flexibility index (Phi) is 4.05. The number of anilines is 2. The number of urea groups is 1. The lowest BCUT2D eigenvalue weighted by Gasteiger charge is -2.10. The summed E-state index contributed by atoms with van der Waals surface area (Å²) in [5.41, 5.74) is 0.503. The van der Waals surface area contributed by atoms with Crippen molar-refractivity contribution in [2.45, 2.75) is 0 Å². The normalized spacial score (nSPS) is 9.90. The van der Waals surface area contributed by atoms with E-state index in [0.717, 1.165) is 6.07 Å². The number of halogens is 1. The second-order valence-electron chi connectivity index (χ2n) is 3.95. The molecule has 0 atom stereocenters. The maximum Gasteiger partial charge on any atom is 0.323 e. The van der Waals surface area contributed by atoms with Gasteiger partial charge in [-0.25, -0.2) is 9.18 Å². The van der Waals surface area contributed by atoms with E-state index in [4.69, 9.17) is 4.74 Å². The first-order chi connectivity index (χ1) is 9.60. The van der Waals surface area contributed by atoms with Crippen molar-refractivity contribution >= 4 is 17.4 Å². The van der Waals surface area contributed by atoms with Crippen LogP contribution in [0.1, 0.15) is 0 Å². The number of ether oxygens (including phenoxy) is 1. The van der Waals surface area contributed by atoms with Gasteiger partial charge >= 0.3 is 6.03 Å². The van der Waals surface area contributed by atoms with Gasteiger partial charge in [-0.05, 0) is 24.3 Å². The van der Waals surface area contributed by atoms with Gasteiger partial charge in [-0.1, -0.05) is 12.1 Å². The predicted molar refractivity (Wildman–Crippen MR) is 73.7 cm³/mol. The summed E-state index contributed by atoms with van der Waals surface area (Å²) < 4.78 is 18.1. The molecule has 2 rings (SSSR count). The van der Waals surface area contributed by atoms with Gasteiger partial charge in [0.1, 0.15) is 5.75 Å². The molecule has 2 aromatic rings. The van der Waals surface area contributed by atoms with Gasteiger partial charge in [0.15, 0.2) is 11.6 Å². The maximum absolute atomic E-state index is 13.1. The number of nitrogens with one attached hydrogen (secondary N) is 2. The average molecular weight is 276 g/mol. The van der Waals surface area contributed by atoms with Gasteiger partial charge in [0, 0.05) is 11.8 Å². The summed E-state index contributed by atoms with van der Waals surface area (Å²) in [6.45, 7) is 0. The quantitative estimate of drug-likeness (QED) is 0.754. The third kappa shape index (κ3) is 3.17. The number of methoxy groups -OCH3 is 1. The smallest absolute Gasteiger partial charge is 0.323 e. The Morgan fingerprint density at radius 3 is 2.70 bits per heavy atom. The maximum atomic E-state index is 13.1. The Hall–Kier alpha value is -2.76. The first-order valence-electron chi connectivity index (χ1n) is 5.79. The molecule has 0 aliphatic carbocycles. The molecule has 20 heavy (non-hydrogen) atoms. The number of amides is 2. The Balaban J connectivity index is 2.07. The van der Waals surface area contributed by atoms with Crippen LogP contribution in [0.5, 0.6) is 11.5 Å². The van der Waals surface area contributed by atoms with Gasteiger partial charge in [0.25, 0.3) is 0 Å². The lowest BCUT2D eigenvalue weighted by Crippen LogP contribution is -2.19. The highest BCUT2D eigenvalue weighted by molar-refractivity contribution is 6.00. The summed E-state index contributed by atoms with van der Waals surface area (Å²) in [6.07, 6.45) is 0. The molecule has 6 heteroatoms. The minimum Gasteiger partial charge on any atom is -0.503 e. The van der Waals surface area contributed by atoms with E-state index >= 15 is 0 Å². The second kappa shape index (κ2) is 5.92. The zero-order chi connectivity index (χ0) is 14.5. The van der Waals surface area contributed by atoms with E-state index in [1.807, 2.05) is 0 Å². The van der Waals surface area contributed by atoms with Gasteiger partial charge < -0.3 is 20.5 Å². The monoisotopic (exact) mass is 276 g/mol. The van der Waals surface area contributed by atoms with Gasteiger partial charge in [-0.2, -0.15) is 0 Å². The summed E-state index contributed by atoms with van der Waals surface area (Å²) in [5.74, 6) is -0.811. The molecular formula is C14H13FN2O3. The van der Waals surface area contributed by atoms with Crippen molar-refractivity contribution in [3.8, 4) is 11.5 Å². The molecule has 0 saturated heterocycles. The molecule has 0 unspecified atom stereocenters. The number of carbonyl (C=O) groups is 1. The van der Waals surface area contributed by atoms with Crippen molar-refractivity contribution in [1.82, 2.24) is 0 Å². The largest absolute Gasteiger partial charge is 0.503 e. The van der Waals surface area contributed by atoms with Crippen LogP contribution < -0.4 is 15.4 Å². The highest BCUT2D eigenvalue weighted by Crippen LogP contribution is 2.26. The van der Waals surface area contributed by atoms with E-state index in [1.165, 1.54) is 19.2 Å².